The molecule has 0 saturated carbocycles. The number of carbonyl (C=O) groups is 1. The molecule has 0 atom stereocenters. The molecule has 0 aliphatic carbocycles. The topological polar surface area (TPSA) is 33.5 Å². The molecule has 0 aliphatic heterocycles. The van der Waals surface area contributed by atoms with Crippen LogP contribution in [0.5, 0.6) is 0 Å². The molecule has 1 rings (SSSR count). The van der Waals surface area contributed by atoms with Crippen LogP contribution in [0, 0.1) is 5.92 Å². The summed E-state index contributed by atoms with van der Waals surface area (Å²) in [6.45, 7) is 10.1. The molecule has 102 valence electrons. The maximum atomic E-state index is 12.1. The number of nitrogens with zero attached hydrogens (tertiary/aromatic N) is 1. The van der Waals surface area contributed by atoms with E-state index in [-0.39, 0.29) is 5.78 Å². The summed E-state index contributed by atoms with van der Waals surface area (Å²) in [6.07, 6.45) is 3.71. The zero-order chi connectivity index (χ0) is 13.5. The van der Waals surface area contributed by atoms with Crippen LogP contribution in [0.1, 0.15) is 51.1 Å². The first-order valence-corrected chi connectivity index (χ1v) is 6.89. The first-order valence-electron chi connectivity index (χ1n) is 6.89. The predicted octanol–water partition coefficient (Wildman–Crippen LogP) is 3.61. The highest BCUT2D eigenvalue weighted by molar-refractivity contribution is 5.95. The number of furan rings is 1. The van der Waals surface area contributed by atoms with Gasteiger partial charge in [-0.2, -0.15) is 0 Å². The number of Topliss-reactive ketones (excluding diaryl/α,β-unsaturated/α-hetero) is 1. The Kier molecular flexibility index (Phi) is 6.13. The molecule has 0 N–H and O–H groups in total. The monoisotopic (exact) mass is 251 g/mol. The van der Waals surface area contributed by atoms with Crippen molar-refractivity contribution >= 4 is 5.78 Å². The third-order valence-corrected chi connectivity index (χ3v) is 3.20. The van der Waals surface area contributed by atoms with E-state index in [9.17, 15) is 4.79 Å². The molecule has 0 aromatic carbocycles. The van der Waals surface area contributed by atoms with Crippen molar-refractivity contribution in [2.75, 3.05) is 13.1 Å². The molecule has 0 spiro atoms. The molecular weight excluding hydrogens is 226 g/mol. The Morgan fingerprint density at radius 1 is 1.33 bits per heavy atom. The maximum Gasteiger partial charge on any atom is 0.211 e. The number of ketones is 1. The molecule has 3 heteroatoms. The van der Waals surface area contributed by atoms with Gasteiger partial charge in [-0.05, 0) is 30.9 Å². The van der Waals surface area contributed by atoms with E-state index >= 15 is 0 Å². The lowest BCUT2D eigenvalue weighted by Gasteiger charge is -2.31. The molecule has 1 heterocycles. The van der Waals surface area contributed by atoms with Gasteiger partial charge >= 0.3 is 0 Å². The Bertz CT molecular complexity index is 339. The van der Waals surface area contributed by atoms with Crippen LogP contribution in [0.2, 0.25) is 0 Å². The molecular formula is C15H25NO2. The van der Waals surface area contributed by atoms with Crippen LogP contribution < -0.4 is 0 Å². The lowest BCUT2D eigenvalue weighted by molar-refractivity contribution is 0.0839. The van der Waals surface area contributed by atoms with Gasteiger partial charge in [0.05, 0.1) is 12.8 Å². The van der Waals surface area contributed by atoms with E-state index in [0.29, 0.717) is 24.3 Å². The molecule has 1 aromatic rings. The van der Waals surface area contributed by atoms with Crippen LogP contribution in [-0.2, 0) is 0 Å². The highest BCUT2D eigenvalue weighted by Crippen LogP contribution is 2.13. The van der Waals surface area contributed by atoms with Gasteiger partial charge in [-0.15, -0.1) is 0 Å². The Balaban J connectivity index is 2.68. The van der Waals surface area contributed by atoms with E-state index in [1.54, 1.807) is 18.4 Å². The predicted molar refractivity (Wildman–Crippen MR) is 73.8 cm³/mol. The maximum absolute atomic E-state index is 12.1. The number of rotatable bonds is 8. The van der Waals surface area contributed by atoms with E-state index in [1.165, 1.54) is 0 Å². The fourth-order valence-electron chi connectivity index (χ4n) is 2.32. The molecule has 0 radical (unpaired) electrons. The van der Waals surface area contributed by atoms with Gasteiger partial charge in [-0.25, -0.2) is 0 Å². The first-order chi connectivity index (χ1) is 8.58. The summed E-state index contributed by atoms with van der Waals surface area (Å²) in [5.74, 6) is 1.11. The van der Waals surface area contributed by atoms with Crippen LogP contribution in [0.15, 0.2) is 22.8 Å². The summed E-state index contributed by atoms with van der Waals surface area (Å²) in [5, 5.41) is 0. The average Bonchev–Trinajstić information content (AvgIpc) is 2.83. The third kappa shape index (κ3) is 4.30. The molecule has 0 unspecified atom stereocenters. The minimum atomic E-state index is 0.0764. The lowest BCUT2D eigenvalue weighted by atomic mass is 10.1. The van der Waals surface area contributed by atoms with Gasteiger partial charge in [-0.1, -0.05) is 27.7 Å². The van der Waals surface area contributed by atoms with Crippen LogP contribution in [0.4, 0.5) is 0 Å². The highest BCUT2D eigenvalue weighted by atomic mass is 16.3. The molecule has 3 nitrogen and oxygen atoms in total. The molecule has 1 aromatic heterocycles. The minimum absolute atomic E-state index is 0.0764. The Morgan fingerprint density at radius 3 is 2.44 bits per heavy atom. The number of carbonyl (C=O) groups excluding carboxylic acids is 1. The molecule has 0 amide bonds. The van der Waals surface area contributed by atoms with Gasteiger partial charge in [0.2, 0.25) is 5.78 Å². The van der Waals surface area contributed by atoms with Crippen molar-refractivity contribution in [1.82, 2.24) is 4.90 Å². The fraction of sp³-hybridized carbons (Fsp3) is 0.667. The van der Waals surface area contributed by atoms with Crippen molar-refractivity contribution in [3.63, 3.8) is 0 Å². The highest BCUT2D eigenvalue weighted by Gasteiger charge is 2.21. The second-order valence-corrected chi connectivity index (χ2v) is 5.19. The molecule has 18 heavy (non-hydrogen) atoms. The van der Waals surface area contributed by atoms with E-state index in [2.05, 4.69) is 32.6 Å². The van der Waals surface area contributed by atoms with Crippen LogP contribution in [0.3, 0.4) is 0 Å². The largest absolute Gasteiger partial charge is 0.461 e. The van der Waals surface area contributed by atoms with E-state index < -0.39 is 0 Å². The number of hydrogen-bond acceptors (Lipinski definition) is 3. The van der Waals surface area contributed by atoms with Gasteiger partial charge in [0.1, 0.15) is 0 Å². The normalized spacial score (nSPS) is 11.7. The average molecular weight is 251 g/mol. The molecule has 0 fully saturated rings. The summed E-state index contributed by atoms with van der Waals surface area (Å²) in [6, 6.07) is 3.98. The van der Waals surface area contributed by atoms with E-state index in [1.807, 2.05) is 0 Å². The molecule has 0 aliphatic rings. The van der Waals surface area contributed by atoms with Crippen LogP contribution in [-0.4, -0.2) is 29.8 Å². The SMILES string of the molecule is CCC(CC)N(CC(=O)c1ccco1)CC(C)C. The lowest BCUT2D eigenvalue weighted by Crippen LogP contribution is -2.40. The van der Waals surface area contributed by atoms with Crippen molar-refractivity contribution in [1.29, 1.82) is 0 Å². The second-order valence-electron chi connectivity index (χ2n) is 5.19. The zero-order valence-corrected chi connectivity index (χ0v) is 12.0. The van der Waals surface area contributed by atoms with Crippen molar-refractivity contribution in [2.24, 2.45) is 5.92 Å². The van der Waals surface area contributed by atoms with Crippen molar-refractivity contribution in [3.8, 4) is 0 Å². The van der Waals surface area contributed by atoms with E-state index in [0.717, 1.165) is 19.4 Å². The smallest absolute Gasteiger partial charge is 0.211 e. The van der Waals surface area contributed by atoms with Crippen LogP contribution in [0.25, 0.3) is 0 Å². The minimum Gasteiger partial charge on any atom is -0.461 e. The Morgan fingerprint density at radius 2 is 2.00 bits per heavy atom. The second kappa shape index (κ2) is 7.37. The Hall–Kier alpha value is -1.09. The summed E-state index contributed by atoms with van der Waals surface area (Å²) in [4.78, 5) is 14.4. The summed E-state index contributed by atoms with van der Waals surface area (Å²) >= 11 is 0. The van der Waals surface area contributed by atoms with E-state index in [4.69, 9.17) is 4.42 Å². The molecule has 0 bridgehead atoms. The van der Waals surface area contributed by atoms with Gasteiger partial charge < -0.3 is 4.42 Å². The van der Waals surface area contributed by atoms with Crippen molar-refractivity contribution in [2.45, 2.75) is 46.6 Å². The van der Waals surface area contributed by atoms with Gasteiger partial charge in [-0.3, -0.25) is 9.69 Å². The summed E-state index contributed by atoms with van der Waals surface area (Å²) in [5.41, 5.74) is 0. The zero-order valence-electron chi connectivity index (χ0n) is 12.0. The van der Waals surface area contributed by atoms with Gasteiger partial charge in [0.25, 0.3) is 0 Å². The fourth-order valence-corrected chi connectivity index (χ4v) is 2.32. The Labute approximate surface area is 110 Å². The summed E-state index contributed by atoms with van der Waals surface area (Å²) < 4.78 is 5.17. The quantitative estimate of drug-likeness (QED) is 0.662. The van der Waals surface area contributed by atoms with Crippen molar-refractivity contribution in [3.05, 3.63) is 24.2 Å². The van der Waals surface area contributed by atoms with Gasteiger partial charge in [0.15, 0.2) is 5.76 Å². The molecule has 0 saturated heterocycles. The van der Waals surface area contributed by atoms with Crippen LogP contribution >= 0.6 is 0 Å². The third-order valence-electron chi connectivity index (χ3n) is 3.20. The first kappa shape index (κ1) is 15.0. The summed E-state index contributed by atoms with van der Waals surface area (Å²) in [7, 11) is 0. The van der Waals surface area contributed by atoms with Gasteiger partial charge in [0, 0.05) is 12.6 Å². The number of hydrogen-bond donors (Lipinski definition) is 0. The standard InChI is InChI=1S/C15H25NO2/c1-5-13(6-2)16(10-12(3)4)11-14(17)15-8-7-9-18-15/h7-9,12-13H,5-6,10-11H2,1-4H3. The van der Waals surface area contributed by atoms with Crippen molar-refractivity contribution < 1.29 is 9.21 Å².